The lowest BCUT2D eigenvalue weighted by atomic mass is 10.1. The summed E-state index contributed by atoms with van der Waals surface area (Å²) >= 11 is 0. The molecule has 0 saturated heterocycles. The highest BCUT2D eigenvalue weighted by atomic mass is 19.1. The molecule has 0 saturated carbocycles. The Morgan fingerprint density at radius 3 is 2.27 bits per heavy atom. The van der Waals surface area contributed by atoms with Crippen LogP contribution in [0.1, 0.15) is 27.6 Å². The third kappa shape index (κ3) is 3.99. The van der Waals surface area contributed by atoms with E-state index in [1.165, 1.54) is 24.3 Å². The smallest absolute Gasteiger partial charge is 0.292 e. The minimum atomic E-state index is -1.00. The van der Waals surface area contributed by atoms with Gasteiger partial charge in [0.05, 0.1) is 6.10 Å². The Labute approximate surface area is 127 Å². The molecular weight excluding hydrogens is 285 g/mol. The van der Waals surface area contributed by atoms with E-state index < -0.39 is 23.6 Å². The van der Waals surface area contributed by atoms with Crippen molar-refractivity contribution in [2.45, 2.75) is 13.0 Å². The number of amides is 1. The number of Topliss-reactive ketones (excluding diaryl/α,β-unsaturated/α-hetero) is 1. The first-order chi connectivity index (χ1) is 10.5. The summed E-state index contributed by atoms with van der Waals surface area (Å²) in [6.45, 7) is 1.76. The molecule has 1 amide bonds. The molecule has 1 atom stereocenters. The number of halogens is 1. The Bertz CT molecular complexity index is 665. The summed E-state index contributed by atoms with van der Waals surface area (Å²) in [7, 11) is 0. The molecule has 2 rings (SSSR count). The summed E-state index contributed by atoms with van der Waals surface area (Å²) in [4.78, 5) is 23.7. The molecule has 2 aromatic carbocycles. The minimum absolute atomic E-state index is 0.123. The van der Waals surface area contributed by atoms with Crippen LogP contribution in [0.2, 0.25) is 0 Å². The molecule has 0 aliphatic rings. The van der Waals surface area contributed by atoms with Crippen LogP contribution in [0.5, 0.6) is 0 Å². The molecule has 2 N–H and O–H groups in total. The first kappa shape index (κ1) is 15.9. The van der Waals surface area contributed by atoms with Crippen molar-refractivity contribution in [1.29, 1.82) is 0 Å². The van der Waals surface area contributed by atoms with E-state index >= 15 is 0 Å². The summed E-state index contributed by atoms with van der Waals surface area (Å²) in [5, 5.41) is 12.3. The van der Waals surface area contributed by atoms with Crippen LogP contribution < -0.4 is 5.32 Å². The number of aliphatic hydroxyl groups excluding tert-OH is 1. The van der Waals surface area contributed by atoms with E-state index in [-0.39, 0.29) is 6.54 Å². The molecule has 0 heterocycles. The van der Waals surface area contributed by atoms with Crippen molar-refractivity contribution >= 4 is 11.7 Å². The third-order valence-corrected chi connectivity index (χ3v) is 3.23. The second-order valence-corrected chi connectivity index (χ2v) is 4.97. The summed E-state index contributed by atoms with van der Waals surface area (Å²) in [6.07, 6.45) is -1.00. The fraction of sp³-hybridized carbons (Fsp3) is 0.176. The Morgan fingerprint density at radius 2 is 1.68 bits per heavy atom. The maximum Gasteiger partial charge on any atom is 0.292 e. The molecule has 4 nitrogen and oxygen atoms in total. The highest BCUT2D eigenvalue weighted by molar-refractivity contribution is 6.42. The molecule has 114 valence electrons. The second-order valence-electron chi connectivity index (χ2n) is 4.97. The van der Waals surface area contributed by atoms with Crippen LogP contribution in [0.15, 0.2) is 48.5 Å². The first-order valence-corrected chi connectivity index (χ1v) is 6.80. The molecule has 0 spiro atoms. The molecule has 0 aromatic heterocycles. The SMILES string of the molecule is Cc1ccc(C(=O)C(=O)NCC(O)c2ccc(F)cc2)cc1. The van der Waals surface area contributed by atoms with E-state index in [1.54, 1.807) is 24.3 Å². The van der Waals surface area contributed by atoms with Gasteiger partial charge in [-0.1, -0.05) is 42.0 Å². The molecule has 5 heteroatoms. The maximum absolute atomic E-state index is 12.8. The van der Waals surface area contributed by atoms with E-state index in [0.717, 1.165) is 5.56 Å². The number of ketones is 1. The van der Waals surface area contributed by atoms with Gasteiger partial charge < -0.3 is 10.4 Å². The molecule has 0 aliphatic heterocycles. The number of carbonyl (C=O) groups is 2. The van der Waals surface area contributed by atoms with Gasteiger partial charge in [0.15, 0.2) is 0 Å². The lowest BCUT2D eigenvalue weighted by Crippen LogP contribution is -2.34. The monoisotopic (exact) mass is 301 g/mol. The number of aliphatic hydroxyl groups is 1. The van der Waals surface area contributed by atoms with E-state index in [9.17, 15) is 19.1 Å². The van der Waals surface area contributed by atoms with Crippen molar-refractivity contribution in [3.63, 3.8) is 0 Å². The molecule has 0 radical (unpaired) electrons. The van der Waals surface area contributed by atoms with Crippen LogP contribution in [-0.4, -0.2) is 23.3 Å². The van der Waals surface area contributed by atoms with Gasteiger partial charge in [-0.25, -0.2) is 4.39 Å². The van der Waals surface area contributed by atoms with Gasteiger partial charge in [0.25, 0.3) is 5.91 Å². The highest BCUT2D eigenvalue weighted by Crippen LogP contribution is 2.12. The zero-order chi connectivity index (χ0) is 16.1. The number of hydrogen-bond donors (Lipinski definition) is 2. The van der Waals surface area contributed by atoms with Crippen molar-refractivity contribution in [1.82, 2.24) is 5.32 Å². The Balaban J connectivity index is 1.93. The number of aryl methyl sites for hydroxylation is 1. The van der Waals surface area contributed by atoms with E-state index in [2.05, 4.69) is 5.32 Å². The Hall–Kier alpha value is -2.53. The third-order valence-electron chi connectivity index (χ3n) is 3.23. The van der Waals surface area contributed by atoms with Gasteiger partial charge in [0, 0.05) is 12.1 Å². The van der Waals surface area contributed by atoms with Crippen LogP contribution in [0.3, 0.4) is 0 Å². The molecule has 0 fully saturated rings. The number of carbonyl (C=O) groups excluding carboxylic acids is 2. The Kier molecular flexibility index (Phi) is 5.01. The molecule has 0 aliphatic carbocycles. The number of hydrogen-bond acceptors (Lipinski definition) is 3. The van der Waals surface area contributed by atoms with Gasteiger partial charge in [0.1, 0.15) is 5.82 Å². The molecular formula is C17H16FNO3. The standard InChI is InChI=1S/C17H16FNO3/c1-11-2-4-13(5-3-11)16(21)17(22)19-10-15(20)12-6-8-14(18)9-7-12/h2-9,15,20H,10H2,1H3,(H,19,22). The van der Waals surface area contributed by atoms with Crippen molar-refractivity contribution in [2.75, 3.05) is 6.54 Å². The molecule has 0 bridgehead atoms. The van der Waals surface area contributed by atoms with Crippen LogP contribution >= 0.6 is 0 Å². The predicted molar refractivity (Wildman–Crippen MR) is 79.9 cm³/mol. The average Bonchev–Trinajstić information content (AvgIpc) is 2.53. The van der Waals surface area contributed by atoms with Crippen LogP contribution in [0.25, 0.3) is 0 Å². The van der Waals surface area contributed by atoms with Crippen LogP contribution in [0.4, 0.5) is 4.39 Å². The number of benzene rings is 2. The van der Waals surface area contributed by atoms with Gasteiger partial charge in [-0.2, -0.15) is 0 Å². The normalized spacial score (nSPS) is 11.8. The highest BCUT2D eigenvalue weighted by Gasteiger charge is 2.17. The van der Waals surface area contributed by atoms with Crippen molar-refractivity contribution < 1.29 is 19.1 Å². The Morgan fingerprint density at radius 1 is 1.09 bits per heavy atom. The molecule has 22 heavy (non-hydrogen) atoms. The summed E-state index contributed by atoms with van der Waals surface area (Å²) < 4.78 is 12.8. The molecule has 1 unspecified atom stereocenters. The number of rotatable bonds is 5. The minimum Gasteiger partial charge on any atom is -0.387 e. The van der Waals surface area contributed by atoms with Crippen LogP contribution in [-0.2, 0) is 4.79 Å². The number of nitrogens with one attached hydrogen (secondary N) is 1. The topological polar surface area (TPSA) is 66.4 Å². The van der Waals surface area contributed by atoms with Crippen molar-refractivity contribution in [3.05, 3.63) is 71.0 Å². The predicted octanol–water partition coefficient (Wildman–Crippen LogP) is 2.17. The summed E-state index contributed by atoms with van der Waals surface area (Å²) in [5.41, 5.74) is 1.74. The second kappa shape index (κ2) is 6.95. The fourth-order valence-corrected chi connectivity index (χ4v) is 1.91. The van der Waals surface area contributed by atoms with Crippen LogP contribution in [0, 0.1) is 12.7 Å². The summed E-state index contributed by atoms with van der Waals surface area (Å²) in [6, 6.07) is 11.9. The quantitative estimate of drug-likeness (QED) is 0.657. The molecule has 2 aromatic rings. The zero-order valence-corrected chi connectivity index (χ0v) is 12.0. The van der Waals surface area contributed by atoms with E-state index in [1.807, 2.05) is 6.92 Å². The zero-order valence-electron chi connectivity index (χ0n) is 12.0. The fourth-order valence-electron chi connectivity index (χ4n) is 1.91. The lowest BCUT2D eigenvalue weighted by Gasteiger charge is -2.12. The van der Waals surface area contributed by atoms with Gasteiger partial charge in [-0.3, -0.25) is 9.59 Å². The van der Waals surface area contributed by atoms with Gasteiger partial charge in [0.2, 0.25) is 5.78 Å². The lowest BCUT2D eigenvalue weighted by molar-refractivity contribution is -0.117. The first-order valence-electron chi connectivity index (χ1n) is 6.80. The van der Waals surface area contributed by atoms with Crippen molar-refractivity contribution in [3.8, 4) is 0 Å². The largest absolute Gasteiger partial charge is 0.387 e. The maximum atomic E-state index is 12.8. The average molecular weight is 301 g/mol. The van der Waals surface area contributed by atoms with E-state index in [4.69, 9.17) is 0 Å². The van der Waals surface area contributed by atoms with Gasteiger partial charge in [-0.15, -0.1) is 0 Å². The van der Waals surface area contributed by atoms with Gasteiger partial charge >= 0.3 is 0 Å². The van der Waals surface area contributed by atoms with E-state index in [0.29, 0.717) is 11.1 Å². The van der Waals surface area contributed by atoms with Gasteiger partial charge in [-0.05, 0) is 24.6 Å². The van der Waals surface area contributed by atoms with Crippen molar-refractivity contribution in [2.24, 2.45) is 0 Å². The summed E-state index contributed by atoms with van der Waals surface area (Å²) in [5.74, 6) is -1.86.